The summed E-state index contributed by atoms with van der Waals surface area (Å²) in [7, 11) is 0. The van der Waals surface area contributed by atoms with E-state index in [9.17, 15) is 14.7 Å². The molecule has 1 N–H and O–H groups in total. The van der Waals surface area contributed by atoms with Crippen molar-refractivity contribution >= 4 is 22.7 Å². The van der Waals surface area contributed by atoms with Crippen molar-refractivity contribution in [1.82, 2.24) is 0 Å². The van der Waals surface area contributed by atoms with Gasteiger partial charge in [0.1, 0.15) is 0 Å². The van der Waals surface area contributed by atoms with Gasteiger partial charge in [-0.2, -0.15) is 0 Å². The quantitative estimate of drug-likeness (QED) is 0.477. The summed E-state index contributed by atoms with van der Waals surface area (Å²) < 4.78 is 5.81. The summed E-state index contributed by atoms with van der Waals surface area (Å²) in [4.78, 5) is 23.3. The van der Waals surface area contributed by atoms with E-state index in [1.165, 1.54) is 18.1 Å². The Morgan fingerprint density at radius 1 is 0.812 bits per heavy atom. The summed E-state index contributed by atoms with van der Waals surface area (Å²) in [5.41, 5.74) is 4.91. The van der Waals surface area contributed by atoms with Crippen molar-refractivity contribution in [3.63, 3.8) is 0 Å². The first-order valence-electron chi connectivity index (χ1n) is 11.1. The predicted molar refractivity (Wildman–Crippen MR) is 126 cm³/mol. The van der Waals surface area contributed by atoms with E-state index < -0.39 is 12.1 Å². The third kappa shape index (κ3) is 4.02. The first kappa shape index (κ1) is 22.1. The van der Waals surface area contributed by atoms with Crippen LogP contribution in [0.25, 0.3) is 10.8 Å². The summed E-state index contributed by atoms with van der Waals surface area (Å²) in [6.07, 6.45) is 1.72. The molecule has 0 bridgehead atoms. The first-order valence-corrected chi connectivity index (χ1v) is 11.1. The lowest BCUT2D eigenvalue weighted by atomic mass is 9.63. The molecule has 3 aromatic rings. The van der Waals surface area contributed by atoms with E-state index >= 15 is 0 Å². The molecule has 166 valence electrons. The number of fused-ring (bicyclic) bond motifs is 2. The van der Waals surface area contributed by atoms with Crippen molar-refractivity contribution in [2.45, 2.75) is 64.4 Å². The monoisotopic (exact) mass is 430 g/mol. The normalized spacial score (nSPS) is 17.4. The van der Waals surface area contributed by atoms with Crippen molar-refractivity contribution in [1.29, 1.82) is 0 Å². The smallest absolute Gasteiger partial charge is 0.335 e. The highest BCUT2D eigenvalue weighted by atomic mass is 16.5. The van der Waals surface area contributed by atoms with Gasteiger partial charge in [0.2, 0.25) is 0 Å². The number of aromatic carboxylic acids is 1. The summed E-state index contributed by atoms with van der Waals surface area (Å²) in [5.74, 6) is -1.29. The second kappa shape index (κ2) is 7.77. The number of hydrogen-bond donors (Lipinski definition) is 1. The van der Waals surface area contributed by atoms with Gasteiger partial charge in [-0.1, -0.05) is 64.1 Å². The SMILES string of the molecule is CC(=O)OC(c1ccc2c(c1)C(C)(C)CCC2(C)C)c1ccc2cc(C(=O)O)ccc2c1. The Kier molecular flexibility index (Phi) is 5.36. The maximum atomic E-state index is 12.0. The molecule has 0 saturated carbocycles. The number of esters is 1. The van der Waals surface area contributed by atoms with Crippen LogP contribution in [0.2, 0.25) is 0 Å². The van der Waals surface area contributed by atoms with Crippen LogP contribution in [0.5, 0.6) is 0 Å². The van der Waals surface area contributed by atoms with Gasteiger partial charge < -0.3 is 9.84 Å². The van der Waals surface area contributed by atoms with Crippen molar-refractivity contribution in [3.8, 4) is 0 Å². The lowest BCUT2D eigenvalue weighted by Gasteiger charge is -2.42. The van der Waals surface area contributed by atoms with Gasteiger partial charge in [0, 0.05) is 6.92 Å². The van der Waals surface area contributed by atoms with E-state index in [4.69, 9.17) is 4.74 Å². The lowest BCUT2D eigenvalue weighted by molar-refractivity contribution is -0.144. The molecule has 3 aromatic carbocycles. The summed E-state index contributed by atoms with van der Waals surface area (Å²) in [5, 5.41) is 11.0. The molecule has 4 heteroatoms. The number of carboxylic acid groups (broad SMARTS) is 1. The van der Waals surface area contributed by atoms with Crippen molar-refractivity contribution in [3.05, 3.63) is 82.4 Å². The second-order valence-corrected chi connectivity index (χ2v) is 10.2. The van der Waals surface area contributed by atoms with E-state index in [0.717, 1.165) is 34.7 Å². The summed E-state index contributed by atoms with van der Waals surface area (Å²) in [6.45, 7) is 10.6. The third-order valence-electron chi connectivity index (χ3n) is 6.88. The Labute approximate surface area is 189 Å². The van der Waals surface area contributed by atoms with Crippen LogP contribution in [0, 0.1) is 0 Å². The number of benzene rings is 3. The number of hydrogen-bond acceptors (Lipinski definition) is 3. The molecule has 1 atom stereocenters. The highest BCUT2D eigenvalue weighted by Crippen LogP contribution is 2.47. The minimum Gasteiger partial charge on any atom is -0.478 e. The highest BCUT2D eigenvalue weighted by molar-refractivity contribution is 5.94. The highest BCUT2D eigenvalue weighted by Gasteiger charge is 2.37. The fourth-order valence-electron chi connectivity index (χ4n) is 4.82. The Morgan fingerprint density at radius 3 is 2.03 bits per heavy atom. The number of ether oxygens (including phenoxy) is 1. The summed E-state index contributed by atoms with van der Waals surface area (Å²) in [6, 6.07) is 17.3. The molecular weight excluding hydrogens is 400 g/mol. The van der Waals surface area contributed by atoms with Crippen molar-refractivity contribution in [2.75, 3.05) is 0 Å². The number of carbonyl (C=O) groups is 2. The largest absolute Gasteiger partial charge is 0.478 e. The molecular formula is C28H30O4. The molecule has 0 spiro atoms. The van der Waals surface area contributed by atoms with Crippen LogP contribution in [0.1, 0.15) is 86.2 Å². The molecule has 0 heterocycles. The van der Waals surface area contributed by atoms with Gasteiger partial charge in [-0.05, 0) is 74.9 Å². The van der Waals surface area contributed by atoms with Gasteiger partial charge in [-0.3, -0.25) is 4.79 Å². The van der Waals surface area contributed by atoms with Gasteiger partial charge in [0.05, 0.1) is 5.56 Å². The first-order chi connectivity index (χ1) is 15.0. The van der Waals surface area contributed by atoms with E-state index in [0.29, 0.717) is 0 Å². The number of carboxylic acids is 1. The average Bonchev–Trinajstić information content (AvgIpc) is 2.74. The van der Waals surface area contributed by atoms with Gasteiger partial charge in [0.15, 0.2) is 6.10 Å². The number of carbonyl (C=O) groups excluding carboxylic acids is 1. The van der Waals surface area contributed by atoms with Crippen LogP contribution in [0.15, 0.2) is 54.6 Å². The van der Waals surface area contributed by atoms with Gasteiger partial charge in [-0.25, -0.2) is 4.79 Å². The third-order valence-corrected chi connectivity index (χ3v) is 6.88. The van der Waals surface area contributed by atoms with Gasteiger partial charge >= 0.3 is 11.9 Å². The molecule has 1 aliphatic rings. The topological polar surface area (TPSA) is 63.6 Å². The molecule has 1 aliphatic carbocycles. The van der Waals surface area contributed by atoms with Crippen molar-refractivity contribution in [2.24, 2.45) is 0 Å². The molecule has 32 heavy (non-hydrogen) atoms. The average molecular weight is 431 g/mol. The molecule has 0 fully saturated rings. The molecule has 0 saturated heterocycles. The van der Waals surface area contributed by atoms with Crippen molar-refractivity contribution < 1.29 is 19.4 Å². The van der Waals surface area contributed by atoms with E-state index in [1.807, 2.05) is 18.2 Å². The maximum Gasteiger partial charge on any atom is 0.335 e. The van der Waals surface area contributed by atoms with Crippen LogP contribution < -0.4 is 0 Å². The van der Waals surface area contributed by atoms with E-state index in [-0.39, 0.29) is 22.4 Å². The van der Waals surface area contributed by atoms with E-state index in [1.54, 1.807) is 18.2 Å². The minimum atomic E-state index is -0.951. The van der Waals surface area contributed by atoms with Gasteiger partial charge in [-0.15, -0.1) is 0 Å². The zero-order chi connectivity index (χ0) is 23.3. The summed E-state index contributed by atoms with van der Waals surface area (Å²) >= 11 is 0. The van der Waals surface area contributed by atoms with Crippen LogP contribution in [-0.2, 0) is 20.4 Å². The Morgan fingerprint density at radius 2 is 1.38 bits per heavy atom. The molecule has 0 aliphatic heterocycles. The molecule has 0 amide bonds. The molecule has 4 rings (SSSR count). The Hall–Kier alpha value is -3.14. The van der Waals surface area contributed by atoms with E-state index in [2.05, 4.69) is 45.9 Å². The Bertz CT molecular complexity index is 1220. The number of rotatable bonds is 4. The fraction of sp³-hybridized carbons (Fsp3) is 0.357. The molecule has 4 nitrogen and oxygen atoms in total. The van der Waals surface area contributed by atoms with Crippen LogP contribution in [-0.4, -0.2) is 17.0 Å². The van der Waals surface area contributed by atoms with Crippen LogP contribution in [0.4, 0.5) is 0 Å². The standard InChI is InChI=1S/C28H30O4/c1-17(29)32-25(20-8-6-19-15-22(26(30)31)9-7-18(19)14-20)21-10-11-23-24(16-21)28(4,5)13-12-27(23,2)3/h6-11,14-16,25H,12-13H2,1-5H3,(H,30,31). The Balaban J connectivity index is 1.82. The molecule has 0 radical (unpaired) electrons. The minimum absolute atomic E-state index is 0.0538. The molecule has 0 aromatic heterocycles. The molecule has 1 unspecified atom stereocenters. The fourth-order valence-corrected chi connectivity index (χ4v) is 4.82. The van der Waals surface area contributed by atoms with Gasteiger partial charge in [0.25, 0.3) is 0 Å². The zero-order valence-electron chi connectivity index (χ0n) is 19.4. The maximum absolute atomic E-state index is 12.0. The lowest BCUT2D eigenvalue weighted by Crippen LogP contribution is -2.34. The predicted octanol–water partition coefficient (Wildman–Crippen LogP) is 6.54. The second-order valence-electron chi connectivity index (χ2n) is 10.2. The van der Waals surface area contributed by atoms with Crippen LogP contribution in [0.3, 0.4) is 0 Å². The van der Waals surface area contributed by atoms with Crippen LogP contribution >= 0.6 is 0 Å². The zero-order valence-corrected chi connectivity index (χ0v) is 19.4.